The molecule has 2 aliphatic rings. The maximum absolute atomic E-state index is 10.4. The first kappa shape index (κ1) is 18.5. The van der Waals surface area contributed by atoms with Gasteiger partial charge in [-0.2, -0.15) is 5.10 Å². The van der Waals surface area contributed by atoms with Crippen molar-refractivity contribution in [3.05, 3.63) is 40.3 Å². The van der Waals surface area contributed by atoms with E-state index in [2.05, 4.69) is 32.2 Å². The number of nitrogens with one attached hydrogen (secondary N) is 1. The van der Waals surface area contributed by atoms with Crippen molar-refractivity contribution < 1.29 is 14.0 Å². The Kier molecular flexibility index (Phi) is 4.86. The van der Waals surface area contributed by atoms with Gasteiger partial charge in [-0.1, -0.05) is 23.2 Å². The number of halogens is 2. The number of rotatable bonds is 4. The van der Waals surface area contributed by atoms with Gasteiger partial charge in [-0.3, -0.25) is 9.58 Å². The molecule has 0 radical (unpaired) electrons. The predicted octanol–water partition coefficient (Wildman–Crippen LogP) is 3.74. The second-order valence-electron chi connectivity index (χ2n) is 8.66. The van der Waals surface area contributed by atoms with Crippen LogP contribution >= 0.6 is 23.2 Å². The summed E-state index contributed by atoms with van der Waals surface area (Å²) in [6.07, 6.45) is 4.33. The van der Waals surface area contributed by atoms with Gasteiger partial charge in [0.25, 0.3) is 0 Å². The van der Waals surface area contributed by atoms with E-state index in [0.717, 1.165) is 47.1 Å². The van der Waals surface area contributed by atoms with Gasteiger partial charge < -0.3 is 15.2 Å². The van der Waals surface area contributed by atoms with E-state index in [4.69, 9.17) is 32.1 Å². The summed E-state index contributed by atoms with van der Waals surface area (Å²) in [6.45, 7) is 2.19. The Bertz CT molecular complexity index is 1250. The van der Waals surface area contributed by atoms with Gasteiger partial charge in [0.15, 0.2) is 0 Å². The molecule has 0 amide bonds. The number of aliphatic hydroxyl groups excluding tert-OH is 1. The molecule has 0 unspecified atom stereocenters. The number of aromatic nitrogens is 4. The van der Waals surface area contributed by atoms with Crippen molar-refractivity contribution in [2.24, 2.45) is 6.98 Å². The molecule has 1 aromatic carbocycles. The Morgan fingerprint density at radius 3 is 2.78 bits per heavy atom. The first-order valence-electron chi connectivity index (χ1n) is 12.0. The number of likely N-dealkylation sites (tertiary alicyclic amines) is 1. The number of nitrogens with zero attached hydrogens (tertiary/aromatic N) is 5. The Morgan fingerprint density at radius 1 is 1.28 bits per heavy atom. The van der Waals surface area contributed by atoms with E-state index in [1.165, 1.54) is 6.20 Å². The van der Waals surface area contributed by atoms with E-state index in [0.29, 0.717) is 23.9 Å². The van der Waals surface area contributed by atoms with Crippen molar-refractivity contribution in [3.63, 3.8) is 0 Å². The molecule has 5 rings (SSSR count). The van der Waals surface area contributed by atoms with Crippen LogP contribution in [0.3, 0.4) is 0 Å². The van der Waals surface area contributed by atoms with E-state index in [9.17, 15) is 5.11 Å². The summed E-state index contributed by atoms with van der Waals surface area (Å²) in [5.41, 5.74) is 1.70. The van der Waals surface area contributed by atoms with Gasteiger partial charge in [0, 0.05) is 27.7 Å². The second-order valence-corrected chi connectivity index (χ2v) is 9.43. The van der Waals surface area contributed by atoms with Crippen molar-refractivity contribution in [1.29, 1.82) is 0 Å². The molecule has 2 aliphatic heterocycles. The first-order valence-corrected chi connectivity index (χ1v) is 11.3. The van der Waals surface area contributed by atoms with Crippen molar-refractivity contribution in [3.8, 4) is 0 Å². The number of fused-ring (bicyclic) bond motifs is 1. The molecule has 10 heteroatoms. The van der Waals surface area contributed by atoms with E-state index in [-0.39, 0.29) is 22.6 Å². The summed E-state index contributed by atoms with van der Waals surface area (Å²) in [7, 11) is 0. The molecule has 8 nitrogen and oxygen atoms in total. The van der Waals surface area contributed by atoms with Gasteiger partial charge in [-0.05, 0) is 56.5 Å². The molecular weight excluding hydrogens is 451 g/mol. The Balaban J connectivity index is 1.35. The van der Waals surface area contributed by atoms with Crippen LogP contribution < -0.4 is 5.32 Å². The summed E-state index contributed by atoms with van der Waals surface area (Å²) in [4.78, 5) is 11.2. The fourth-order valence-corrected chi connectivity index (χ4v) is 5.10. The Labute approximate surface area is 200 Å². The van der Waals surface area contributed by atoms with Gasteiger partial charge in [0.1, 0.15) is 5.15 Å². The Morgan fingerprint density at radius 2 is 2.09 bits per heavy atom. The minimum absolute atomic E-state index is 0.0521. The van der Waals surface area contributed by atoms with Crippen LogP contribution in [0.15, 0.2) is 24.5 Å². The number of piperidine rings is 1. The quantitative estimate of drug-likeness (QED) is 0.588. The fraction of sp³-hybridized carbons (Fsp3) is 0.500. The molecule has 2 atom stereocenters. The summed E-state index contributed by atoms with van der Waals surface area (Å²) in [6, 6.07) is 3.87. The van der Waals surface area contributed by atoms with Gasteiger partial charge in [0.2, 0.25) is 5.95 Å². The van der Waals surface area contributed by atoms with Crippen LogP contribution in [-0.4, -0.2) is 67.7 Å². The van der Waals surface area contributed by atoms with Crippen LogP contribution in [0.1, 0.15) is 35.4 Å². The smallest absolute Gasteiger partial charge is 0.227 e. The molecular formula is C22H26Cl2N6O2. The zero-order chi connectivity index (χ0) is 25.0. The summed E-state index contributed by atoms with van der Waals surface area (Å²) in [5.74, 6) is 0.542. The molecule has 0 saturated carbocycles. The zero-order valence-corrected chi connectivity index (χ0v) is 19.1. The lowest BCUT2D eigenvalue weighted by atomic mass is 9.85. The van der Waals surface area contributed by atoms with Crippen molar-refractivity contribution in [2.75, 3.05) is 31.6 Å². The maximum Gasteiger partial charge on any atom is 0.227 e. The SMILES string of the molecule is [2H]C([2H])([2H])n1ncc(Nc2ncc3cc(Cl)c(C4CCN([C@@]5(C)COC[C@H]5O)CC4)cc3n2)c1Cl. The summed E-state index contributed by atoms with van der Waals surface area (Å²) in [5, 5.41) is 18.6. The third-order valence-corrected chi connectivity index (χ3v) is 7.39. The van der Waals surface area contributed by atoms with Crippen molar-refractivity contribution in [1.82, 2.24) is 24.6 Å². The molecule has 0 aliphatic carbocycles. The van der Waals surface area contributed by atoms with Crippen molar-refractivity contribution in [2.45, 2.75) is 37.3 Å². The second kappa shape index (κ2) is 8.43. The third-order valence-electron chi connectivity index (χ3n) is 6.70. The third kappa shape index (κ3) is 3.84. The van der Waals surface area contributed by atoms with Gasteiger partial charge in [-0.15, -0.1) is 0 Å². The van der Waals surface area contributed by atoms with Crippen molar-refractivity contribution >= 4 is 45.7 Å². The van der Waals surface area contributed by atoms with Crippen LogP contribution in [0.4, 0.5) is 11.6 Å². The molecule has 2 fully saturated rings. The average Bonchev–Trinajstić information content (AvgIpc) is 3.36. The predicted molar refractivity (Wildman–Crippen MR) is 125 cm³/mol. The van der Waals surface area contributed by atoms with E-state index in [1.54, 1.807) is 6.20 Å². The molecule has 2 N–H and O–H groups in total. The highest BCUT2D eigenvalue weighted by molar-refractivity contribution is 6.32. The standard InChI is InChI=1S/C22H26Cl2N6O2/c1-22(12-32-11-19(22)31)30-5-3-13(4-6-30)15-8-17-14(7-16(15)23)9-25-21(27-17)28-18-10-26-29(2)20(18)24/h7-10,13,19,31H,3-6,11-12H2,1-2H3,(H,25,27,28)/t19-,22+/m1/s1/i2D3. The molecule has 2 aromatic heterocycles. The van der Waals surface area contributed by atoms with E-state index >= 15 is 0 Å². The number of anilines is 2. The van der Waals surface area contributed by atoms with Crippen LogP contribution in [-0.2, 0) is 11.7 Å². The normalized spacial score (nSPS) is 26.8. The highest BCUT2D eigenvalue weighted by Gasteiger charge is 2.45. The van der Waals surface area contributed by atoms with Gasteiger partial charge in [-0.25, -0.2) is 9.97 Å². The number of hydrogen-bond acceptors (Lipinski definition) is 7. The largest absolute Gasteiger partial charge is 0.389 e. The summed E-state index contributed by atoms with van der Waals surface area (Å²) >= 11 is 12.8. The molecule has 2 saturated heterocycles. The van der Waals surface area contributed by atoms with Crippen LogP contribution in [0.25, 0.3) is 10.9 Å². The minimum Gasteiger partial charge on any atom is -0.389 e. The zero-order valence-electron chi connectivity index (χ0n) is 20.6. The Hall–Kier alpha value is -1.97. The van der Waals surface area contributed by atoms with E-state index in [1.807, 2.05) is 12.1 Å². The van der Waals surface area contributed by atoms with Crippen LogP contribution in [0.5, 0.6) is 0 Å². The van der Waals surface area contributed by atoms with E-state index < -0.39 is 13.1 Å². The number of aliphatic hydroxyl groups is 1. The minimum atomic E-state index is -2.48. The fourth-order valence-electron chi connectivity index (χ4n) is 4.63. The number of benzene rings is 1. The maximum atomic E-state index is 10.4. The lowest BCUT2D eigenvalue weighted by molar-refractivity contribution is -0.00211. The molecule has 4 heterocycles. The topological polar surface area (TPSA) is 88.3 Å². The van der Waals surface area contributed by atoms with Gasteiger partial charge >= 0.3 is 0 Å². The molecule has 0 spiro atoms. The average molecular weight is 480 g/mol. The molecule has 0 bridgehead atoms. The highest BCUT2D eigenvalue weighted by Crippen LogP contribution is 2.38. The number of aryl methyl sites for hydroxylation is 1. The monoisotopic (exact) mass is 479 g/mol. The molecule has 32 heavy (non-hydrogen) atoms. The lowest BCUT2D eigenvalue weighted by Gasteiger charge is -2.43. The molecule has 3 aromatic rings. The molecule has 170 valence electrons. The van der Waals surface area contributed by atoms with Crippen LogP contribution in [0, 0.1) is 0 Å². The summed E-state index contributed by atoms with van der Waals surface area (Å²) < 4.78 is 28.8. The van der Waals surface area contributed by atoms with Crippen LogP contribution in [0.2, 0.25) is 10.2 Å². The highest BCUT2D eigenvalue weighted by atomic mass is 35.5. The first-order chi connectivity index (χ1) is 16.6. The number of hydrogen-bond donors (Lipinski definition) is 2. The lowest BCUT2D eigenvalue weighted by Crippen LogP contribution is -2.56. The number of ether oxygens (including phenoxy) is 1. The van der Waals surface area contributed by atoms with Gasteiger partial charge in [0.05, 0.1) is 42.3 Å².